The van der Waals surface area contributed by atoms with Gasteiger partial charge in [0, 0.05) is 31.9 Å². The van der Waals surface area contributed by atoms with Crippen LogP contribution >= 0.6 is 0 Å². The zero-order valence-electron chi connectivity index (χ0n) is 16.7. The summed E-state index contributed by atoms with van der Waals surface area (Å²) in [5, 5.41) is 11.3. The topological polar surface area (TPSA) is 91.5 Å². The van der Waals surface area contributed by atoms with Crippen LogP contribution in [0.15, 0.2) is 48.5 Å². The van der Waals surface area contributed by atoms with Crippen molar-refractivity contribution in [2.24, 2.45) is 0 Å². The molecule has 1 aliphatic heterocycles. The molecular formula is C22H28N4O3. The molecule has 0 aliphatic carbocycles. The van der Waals surface area contributed by atoms with Crippen LogP contribution in [-0.4, -0.2) is 31.3 Å². The molecule has 154 valence electrons. The molecule has 1 atom stereocenters. The number of amides is 4. The van der Waals surface area contributed by atoms with Gasteiger partial charge in [0.05, 0.1) is 6.10 Å². The Morgan fingerprint density at radius 2 is 1.66 bits per heavy atom. The van der Waals surface area contributed by atoms with Gasteiger partial charge in [0.15, 0.2) is 0 Å². The van der Waals surface area contributed by atoms with Crippen molar-refractivity contribution in [3.8, 4) is 0 Å². The normalized spacial score (nSPS) is 15.6. The van der Waals surface area contributed by atoms with Gasteiger partial charge in [-0.15, -0.1) is 0 Å². The Bertz CT molecular complexity index is 817. The van der Waals surface area contributed by atoms with Crippen LogP contribution in [0.4, 0.5) is 15.3 Å². The molecule has 1 heterocycles. The van der Waals surface area contributed by atoms with Gasteiger partial charge in [0.2, 0.25) is 0 Å². The minimum Gasteiger partial charge on any atom is -0.376 e. The minimum atomic E-state index is -0.258. The van der Waals surface area contributed by atoms with Crippen LogP contribution in [0.3, 0.4) is 0 Å². The Labute approximate surface area is 171 Å². The fourth-order valence-corrected chi connectivity index (χ4v) is 3.10. The molecule has 3 rings (SSSR count). The number of benzene rings is 2. The molecule has 0 bridgehead atoms. The highest BCUT2D eigenvalue weighted by molar-refractivity contribution is 5.89. The molecule has 7 heteroatoms. The van der Waals surface area contributed by atoms with E-state index < -0.39 is 0 Å². The van der Waals surface area contributed by atoms with Gasteiger partial charge in [-0.1, -0.05) is 42.0 Å². The van der Waals surface area contributed by atoms with Crippen LogP contribution in [0, 0.1) is 6.92 Å². The second-order valence-corrected chi connectivity index (χ2v) is 7.19. The summed E-state index contributed by atoms with van der Waals surface area (Å²) in [7, 11) is 0. The molecule has 2 aromatic rings. The first kappa shape index (κ1) is 20.7. The molecule has 2 aromatic carbocycles. The number of nitrogens with one attached hydrogen (secondary N) is 4. The first-order valence-electron chi connectivity index (χ1n) is 9.91. The summed E-state index contributed by atoms with van der Waals surface area (Å²) >= 11 is 0. The average molecular weight is 396 g/mol. The molecule has 1 unspecified atom stereocenters. The van der Waals surface area contributed by atoms with Crippen LogP contribution in [0.5, 0.6) is 0 Å². The first-order chi connectivity index (χ1) is 14.1. The second kappa shape index (κ2) is 10.5. The molecule has 1 saturated heterocycles. The number of rotatable bonds is 7. The first-order valence-corrected chi connectivity index (χ1v) is 9.91. The summed E-state index contributed by atoms with van der Waals surface area (Å²) in [5.74, 6) is 0. The number of urea groups is 2. The summed E-state index contributed by atoms with van der Waals surface area (Å²) in [6.45, 7) is 4.13. The largest absolute Gasteiger partial charge is 0.376 e. The SMILES string of the molecule is Cc1ccc(NC(=O)NCc2cccc(CNC(=O)NCC3CCCO3)c2)cc1. The Hall–Kier alpha value is -3.06. The van der Waals surface area contributed by atoms with Crippen LogP contribution in [0.25, 0.3) is 0 Å². The maximum Gasteiger partial charge on any atom is 0.319 e. The van der Waals surface area contributed by atoms with E-state index >= 15 is 0 Å². The van der Waals surface area contributed by atoms with Crippen LogP contribution in [0.2, 0.25) is 0 Å². The fourth-order valence-electron chi connectivity index (χ4n) is 3.10. The standard InChI is InChI=1S/C22H28N4O3/c1-16-7-9-19(10-8-16)26-22(28)24-14-18-5-2-4-17(12-18)13-23-21(27)25-15-20-6-3-11-29-20/h2,4-5,7-10,12,20H,3,6,11,13-15H2,1H3,(H2,23,25,27)(H2,24,26,28). The second-order valence-electron chi connectivity index (χ2n) is 7.19. The van der Waals surface area contributed by atoms with E-state index in [1.54, 1.807) is 0 Å². The van der Waals surface area contributed by atoms with Crippen molar-refractivity contribution in [2.75, 3.05) is 18.5 Å². The van der Waals surface area contributed by atoms with E-state index in [9.17, 15) is 9.59 Å². The van der Waals surface area contributed by atoms with Crippen molar-refractivity contribution >= 4 is 17.7 Å². The molecule has 4 amide bonds. The van der Waals surface area contributed by atoms with Gasteiger partial charge >= 0.3 is 12.1 Å². The quantitative estimate of drug-likeness (QED) is 0.579. The molecule has 29 heavy (non-hydrogen) atoms. The highest BCUT2D eigenvalue weighted by Crippen LogP contribution is 2.11. The lowest BCUT2D eigenvalue weighted by Crippen LogP contribution is -2.39. The highest BCUT2D eigenvalue weighted by atomic mass is 16.5. The number of anilines is 1. The van der Waals surface area contributed by atoms with Gasteiger partial charge in [0.1, 0.15) is 0 Å². The van der Waals surface area contributed by atoms with Gasteiger partial charge in [-0.25, -0.2) is 9.59 Å². The average Bonchev–Trinajstić information content (AvgIpc) is 3.25. The number of carbonyl (C=O) groups is 2. The molecular weight excluding hydrogens is 368 g/mol. The van der Waals surface area contributed by atoms with E-state index in [1.165, 1.54) is 0 Å². The van der Waals surface area contributed by atoms with Gasteiger partial charge < -0.3 is 26.0 Å². The molecule has 4 N–H and O–H groups in total. The third kappa shape index (κ3) is 7.12. The van der Waals surface area contributed by atoms with E-state index in [-0.39, 0.29) is 18.2 Å². The van der Waals surface area contributed by atoms with Crippen molar-refractivity contribution in [1.29, 1.82) is 0 Å². The number of ether oxygens (including phenoxy) is 1. The molecule has 0 aromatic heterocycles. The van der Waals surface area contributed by atoms with Crippen LogP contribution < -0.4 is 21.3 Å². The Balaban J connectivity index is 1.39. The van der Waals surface area contributed by atoms with Gasteiger partial charge in [-0.3, -0.25) is 0 Å². The zero-order valence-corrected chi connectivity index (χ0v) is 16.7. The lowest BCUT2D eigenvalue weighted by atomic mass is 10.1. The third-order valence-corrected chi connectivity index (χ3v) is 4.72. The van der Waals surface area contributed by atoms with E-state index in [1.807, 2.05) is 55.5 Å². The summed E-state index contributed by atoms with van der Waals surface area (Å²) < 4.78 is 5.49. The smallest absolute Gasteiger partial charge is 0.319 e. The number of hydrogen-bond donors (Lipinski definition) is 4. The Morgan fingerprint density at radius 3 is 2.31 bits per heavy atom. The lowest BCUT2D eigenvalue weighted by molar-refractivity contribution is 0.111. The van der Waals surface area contributed by atoms with E-state index in [2.05, 4.69) is 21.3 Å². The van der Waals surface area contributed by atoms with Gasteiger partial charge in [0.25, 0.3) is 0 Å². The van der Waals surface area contributed by atoms with Crippen molar-refractivity contribution < 1.29 is 14.3 Å². The van der Waals surface area contributed by atoms with E-state index in [0.29, 0.717) is 19.6 Å². The number of carbonyl (C=O) groups excluding carboxylic acids is 2. The monoisotopic (exact) mass is 396 g/mol. The van der Waals surface area contributed by atoms with Crippen molar-refractivity contribution in [1.82, 2.24) is 16.0 Å². The van der Waals surface area contributed by atoms with Gasteiger partial charge in [-0.2, -0.15) is 0 Å². The zero-order chi connectivity index (χ0) is 20.5. The molecule has 1 aliphatic rings. The van der Waals surface area contributed by atoms with Crippen LogP contribution in [-0.2, 0) is 17.8 Å². The fraction of sp³-hybridized carbons (Fsp3) is 0.364. The Morgan fingerprint density at radius 1 is 0.966 bits per heavy atom. The predicted octanol–water partition coefficient (Wildman–Crippen LogP) is 3.29. The number of hydrogen-bond acceptors (Lipinski definition) is 3. The molecule has 7 nitrogen and oxygen atoms in total. The van der Waals surface area contributed by atoms with Crippen molar-refractivity contribution in [3.05, 3.63) is 65.2 Å². The third-order valence-electron chi connectivity index (χ3n) is 4.72. The summed E-state index contributed by atoms with van der Waals surface area (Å²) in [4.78, 5) is 24.0. The Kier molecular flexibility index (Phi) is 7.47. The number of aryl methyl sites for hydroxylation is 1. The summed E-state index contributed by atoms with van der Waals surface area (Å²) in [6, 6.07) is 14.9. The van der Waals surface area contributed by atoms with E-state index in [0.717, 1.165) is 41.8 Å². The van der Waals surface area contributed by atoms with E-state index in [4.69, 9.17) is 4.74 Å². The highest BCUT2D eigenvalue weighted by Gasteiger charge is 2.15. The molecule has 0 spiro atoms. The molecule has 0 radical (unpaired) electrons. The van der Waals surface area contributed by atoms with Crippen LogP contribution in [0.1, 0.15) is 29.5 Å². The molecule has 1 fully saturated rings. The van der Waals surface area contributed by atoms with Gasteiger partial charge in [-0.05, 0) is 43.0 Å². The predicted molar refractivity (Wildman–Crippen MR) is 113 cm³/mol. The maximum atomic E-state index is 12.1. The van der Waals surface area contributed by atoms with Crippen molar-refractivity contribution in [3.63, 3.8) is 0 Å². The summed E-state index contributed by atoms with van der Waals surface area (Å²) in [5.41, 5.74) is 3.82. The molecule has 0 saturated carbocycles. The van der Waals surface area contributed by atoms with Crippen molar-refractivity contribution in [2.45, 2.75) is 39.0 Å². The lowest BCUT2D eigenvalue weighted by Gasteiger charge is -2.12. The maximum absolute atomic E-state index is 12.1. The summed E-state index contributed by atoms with van der Waals surface area (Å²) in [6.07, 6.45) is 2.17. The minimum absolute atomic E-state index is 0.126.